The van der Waals surface area contributed by atoms with Gasteiger partial charge in [-0.1, -0.05) is 25.1 Å². The first kappa shape index (κ1) is 22.4. The second-order valence-electron chi connectivity index (χ2n) is 6.82. The minimum absolute atomic E-state index is 0.173. The number of ether oxygens (including phenoxy) is 1. The van der Waals surface area contributed by atoms with Crippen molar-refractivity contribution in [3.8, 4) is 17.1 Å². The number of nitrogens with two attached hydrogens (primary N) is 1. The molecule has 3 rings (SSSR count). The number of amides is 2. The molecule has 0 bridgehead atoms. The number of unbranched alkanes of at least 4 members (excludes halogenated alkanes) is 1. The Morgan fingerprint density at radius 3 is 2.42 bits per heavy atom. The quantitative estimate of drug-likeness (QED) is 0.467. The number of anilines is 1. The summed E-state index contributed by atoms with van der Waals surface area (Å²) in [6.45, 7) is 2.89. The highest BCUT2D eigenvalue weighted by Gasteiger charge is 2.16. The van der Waals surface area contributed by atoms with Gasteiger partial charge in [-0.3, -0.25) is 9.59 Å². The van der Waals surface area contributed by atoms with Crippen LogP contribution in [0.5, 0.6) is 5.75 Å². The lowest BCUT2D eigenvalue weighted by molar-refractivity contribution is -0.113. The molecule has 8 nitrogen and oxygen atoms in total. The van der Waals surface area contributed by atoms with Crippen LogP contribution in [0.15, 0.2) is 53.7 Å². The lowest BCUT2D eigenvalue weighted by atomic mass is 10.2. The predicted octanol–water partition coefficient (Wildman–Crippen LogP) is 3.58. The number of carbonyl (C=O) groups excluding carboxylic acids is 2. The van der Waals surface area contributed by atoms with Gasteiger partial charge >= 0.3 is 0 Å². The van der Waals surface area contributed by atoms with Gasteiger partial charge < -0.3 is 20.4 Å². The monoisotopic (exact) mass is 439 g/mol. The van der Waals surface area contributed by atoms with E-state index in [0.717, 1.165) is 36.5 Å². The Labute approximate surface area is 185 Å². The third-order valence-corrected chi connectivity index (χ3v) is 5.55. The zero-order valence-corrected chi connectivity index (χ0v) is 18.3. The fourth-order valence-corrected chi connectivity index (χ4v) is 3.68. The van der Waals surface area contributed by atoms with Crippen molar-refractivity contribution in [2.24, 2.45) is 5.73 Å². The normalized spacial score (nSPS) is 10.6. The van der Waals surface area contributed by atoms with E-state index in [-0.39, 0.29) is 11.7 Å². The Hall–Kier alpha value is -3.33. The number of hydrogen-bond acceptors (Lipinski definition) is 6. The van der Waals surface area contributed by atoms with Crippen molar-refractivity contribution in [1.82, 2.24) is 14.8 Å². The molecule has 31 heavy (non-hydrogen) atoms. The summed E-state index contributed by atoms with van der Waals surface area (Å²) >= 11 is 1.33. The molecule has 0 fully saturated rings. The van der Waals surface area contributed by atoms with E-state index in [0.29, 0.717) is 16.4 Å². The van der Waals surface area contributed by atoms with E-state index < -0.39 is 5.91 Å². The molecule has 1 heterocycles. The molecule has 0 atom stereocenters. The topological polar surface area (TPSA) is 112 Å². The van der Waals surface area contributed by atoms with Gasteiger partial charge in [0.15, 0.2) is 11.0 Å². The zero-order valence-electron chi connectivity index (χ0n) is 17.5. The van der Waals surface area contributed by atoms with Crippen LogP contribution in [0.4, 0.5) is 5.69 Å². The summed E-state index contributed by atoms with van der Waals surface area (Å²) in [5, 5.41) is 12.2. The first-order valence-electron chi connectivity index (χ1n) is 9.92. The predicted molar refractivity (Wildman–Crippen MR) is 121 cm³/mol. The maximum absolute atomic E-state index is 12.4. The molecule has 3 N–H and O–H groups in total. The highest BCUT2D eigenvalue weighted by atomic mass is 32.2. The molecule has 0 aliphatic carbocycles. The molecule has 0 spiro atoms. The van der Waals surface area contributed by atoms with Crippen LogP contribution in [0.2, 0.25) is 0 Å². The highest BCUT2D eigenvalue weighted by molar-refractivity contribution is 7.99. The molecule has 0 saturated carbocycles. The SMILES string of the molecule is CCCCn1c(SCC(=O)Nc2ccc(C(N)=O)cc2)nnc1-c1ccc(OC)cc1. The summed E-state index contributed by atoms with van der Waals surface area (Å²) in [6.07, 6.45) is 2.01. The summed E-state index contributed by atoms with van der Waals surface area (Å²) in [4.78, 5) is 23.5. The van der Waals surface area contributed by atoms with Crippen LogP contribution >= 0.6 is 11.8 Å². The molecule has 2 amide bonds. The van der Waals surface area contributed by atoms with E-state index in [1.54, 1.807) is 31.4 Å². The Morgan fingerprint density at radius 1 is 1.10 bits per heavy atom. The summed E-state index contributed by atoms with van der Waals surface area (Å²) in [5.74, 6) is 1.05. The summed E-state index contributed by atoms with van der Waals surface area (Å²) in [6, 6.07) is 14.1. The van der Waals surface area contributed by atoms with Crippen molar-refractivity contribution in [1.29, 1.82) is 0 Å². The molecule has 0 unspecified atom stereocenters. The van der Waals surface area contributed by atoms with Gasteiger partial charge in [0.25, 0.3) is 0 Å². The van der Waals surface area contributed by atoms with E-state index in [1.807, 2.05) is 28.8 Å². The van der Waals surface area contributed by atoms with Crippen molar-refractivity contribution in [3.63, 3.8) is 0 Å². The average Bonchev–Trinajstić information content (AvgIpc) is 3.19. The Balaban J connectivity index is 1.69. The Kier molecular flexibility index (Phi) is 7.66. The van der Waals surface area contributed by atoms with E-state index in [4.69, 9.17) is 10.5 Å². The number of carbonyl (C=O) groups is 2. The lowest BCUT2D eigenvalue weighted by Gasteiger charge is -2.10. The van der Waals surface area contributed by atoms with Crippen LogP contribution in [0.3, 0.4) is 0 Å². The first-order valence-corrected chi connectivity index (χ1v) is 10.9. The summed E-state index contributed by atoms with van der Waals surface area (Å²) in [5.41, 5.74) is 7.16. The fraction of sp³-hybridized carbons (Fsp3) is 0.273. The van der Waals surface area contributed by atoms with Gasteiger partial charge in [-0.15, -0.1) is 10.2 Å². The van der Waals surface area contributed by atoms with Crippen molar-refractivity contribution < 1.29 is 14.3 Å². The number of nitrogens with zero attached hydrogens (tertiary/aromatic N) is 3. The van der Waals surface area contributed by atoms with Crippen molar-refractivity contribution in [2.45, 2.75) is 31.5 Å². The Bertz CT molecular complexity index is 1030. The second-order valence-corrected chi connectivity index (χ2v) is 7.76. The molecule has 0 aliphatic heterocycles. The lowest BCUT2D eigenvalue weighted by Crippen LogP contribution is -2.15. The van der Waals surface area contributed by atoms with E-state index in [2.05, 4.69) is 22.4 Å². The number of aromatic nitrogens is 3. The van der Waals surface area contributed by atoms with Gasteiger partial charge in [-0.25, -0.2) is 0 Å². The molecule has 0 saturated heterocycles. The fourth-order valence-electron chi connectivity index (χ4n) is 2.91. The number of methoxy groups -OCH3 is 1. The molecule has 1 aromatic heterocycles. The number of benzene rings is 2. The summed E-state index contributed by atoms with van der Waals surface area (Å²) in [7, 11) is 1.63. The van der Waals surface area contributed by atoms with E-state index >= 15 is 0 Å². The third kappa shape index (κ3) is 5.85. The molecular formula is C22H25N5O3S. The van der Waals surface area contributed by atoms with Crippen LogP contribution < -0.4 is 15.8 Å². The van der Waals surface area contributed by atoms with E-state index in [1.165, 1.54) is 11.8 Å². The number of hydrogen-bond donors (Lipinski definition) is 2. The van der Waals surface area contributed by atoms with Crippen LogP contribution in [-0.4, -0.2) is 39.4 Å². The zero-order chi connectivity index (χ0) is 22.2. The van der Waals surface area contributed by atoms with Gasteiger partial charge in [0.05, 0.1) is 12.9 Å². The molecule has 2 aromatic carbocycles. The molecule has 9 heteroatoms. The van der Waals surface area contributed by atoms with Gasteiger partial charge in [0.2, 0.25) is 11.8 Å². The molecular weight excluding hydrogens is 414 g/mol. The third-order valence-electron chi connectivity index (χ3n) is 4.59. The highest BCUT2D eigenvalue weighted by Crippen LogP contribution is 2.26. The Morgan fingerprint density at radius 2 is 1.81 bits per heavy atom. The van der Waals surface area contributed by atoms with Crippen LogP contribution in [0.1, 0.15) is 30.1 Å². The smallest absolute Gasteiger partial charge is 0.248 e. The number of nitrogens with one attached hydrogen (secondary N) is 1. The second kappa shape index (κ2) is 10.6. The molecule has 3 aromatic rings. The maximum Gasteiger partial charge on any atom is 0.248 e. The molecule has 162 valence electrons. The maximum atomic E-state index is 12.4. The van der Waals surface area contributed by atoms with E-state index in [9.17, 15) is 9.59 Å². The number of primary amides is 1. The van der Waals surface area contributed by atoms with Gasteiger partial charge in [-0.2, -0.15) is 0 Å². The molecule has 0 radical (unpaired) electrons. The molecule has 0 aliphatic rings. The van der Waals surface area contributed by atoms with Gasteiger partial charge in [0, 0.05) is 23.4 Å². The van der Waals surface area contributed by atoms with Crippen molar-refractivity contribution in [2.75, 3.05) is 18.2 Å². The number of thioether (sulfide) groups is 1. The van der Waals surface area contributed by atoms with Crippen molar-refractivity contribution in [3.05, 3.63) is 54.1 Å². The van der Waals surface area contributed by atoms with Crippen LogP contribution in [-0.2, 0) is 11.3 Å². The minimum atomic E-state index is -0.507. The van der Waals surface area contributed by atoms with Crippen LogP contribution in [0, 0.1) is 0 Å². The largest absolute Gasteiger partial charge is 0.497 e. The van der Waals surface area contributed by atoms with Crippen LogP contribution in [0.25, 0.3) is 11.4 Å². The van der Waals surface area contributed by atoms with Gasteiger partial charge in [-0.05, 0) is 55.0 Å². The van der Waals surface area contributed by atoms with Crippen molar-refractivity contribution >= 4 is 29.3 Å². The standard InChI is InChI=1S/C22H25N5O3S/c1-3-4-13-27-21(16-7-11-18(30-2)12-8-16)25-26-22(27)31-14-19(28)24-17-9-5-15(6-10-17)20(23)29/h5-12H,3-4,13-14H2,1-2H3,(H2,23,29)(H,24,28). The minimum Gasteiger partial charge on any atom is -0.497 e. The number of rotatable bonds is 10. The van der Waals surface area contributed by atoms with Gasteiger partial charge in [0.1, 0.15) is 5.75 Å². The first-order chi connectivity index (χ1) is 15.0. The average molecular weight is 440 g/mol. The summed E-state index contributed by atoms with van der Waals surface area (Å²) < 4.78 is 7.27.